The molecule has 42 heavy (non-hydrogen) atoms. The molecule has 0 saturated heterocycles. The molecule has 0 aliphatic rings. The summed E-state index contributed by atoms with van der Waals surface area (Å²) in [7, 11) is -1.47. The number of ether oxygens (including phenoxy) is 2. The summed E-state index contributed by atoms with van der Waals surface area (Å²) in [6.45, 7) is 6.19. The molecule has 0 aliphatic carbocycles. The fourth-order valence-corrected chi connectivity index (χ4v) is 6.12. The number of carbonyl (C=O) groups is 2. The maximum absolute atomic E-state index is 14.2. The van der Waals surface area contributed by atoms with Crippen LogP contribution in [0.5, 0.6) is 11.5 Å². The van der Waals surface area contributed by atoms with E-state index in [4.69, 9.17) is 32.7 Å². The number of nitrogens with one attached hydrogen (secondary N) is 1. The molecule has 3 aromatic rings. The van der Waals surface area contributed by atoms with Gasteiger partial charge in [-0.2, -0.15) is 0 Å². The minimum absolute atomic E-state index is 0.0305. The predicted molar refractivity (Wildman–Crippen MR) is 165 cm³/mol. The number of carbonyl (C=O) groups excluding carboxylic acids is 2. The summed E-state index contributed by atoms with van der Waals surface area (Å²) in [6.07, 6.45) is 0. The van der Waals surface area contributed by atoms with E-state index < -0.39 is 34.4 Å². The lowest BCUT2D eigenvalue weighted by atomic mass is 10.1. The van der Waals surface area contributed by atoms with Crippen LogP contribution in [0.15, 0.2) is 65.6 Å². The molecule has 3 aromatic carbocycles. The number of nitrogens with zero attached hydrogens (tertiary/aromatic N) is 2. The fourth-order valence-electron chi connectivity index (χ4n) is 4.18. The van der Waals surface area contributed by atoms with Crippen molar-refractivity contribution < 1.29 is 27.5 Å². The van der Waals surface area contributed by atoms with E-state index in [9.17, 15) is 18.0 Å². The summed E-state index contributed by atoms with van der Waals surface area (Å²) >= 11 is 12.9. The quantitative estimate of drug-likeness (QED) is 0.283. The molecule has 0 aromatic heterocycles. The van der Waals surface area contributed by atoms with Crippen LogP contribution in [0.4, 0.5) is 5.69 Å². The Bertz CT molecular complexity index is 1510. The van der Waals surface area contributed by atoms with Crippen molar-refractivity contribution in [1.82, 2.24) is 10.2 Å². The van der Waals surface area contributed by atoms with Gasteiger partial charge in [0.15, 0.2) is 0 Å². The molecule has 9 nitrogen and oxygen atoms in total. The number of aryl methyl sites for hydroxylation is 1. The molecule has 0 spiro atoms. The molecule has 0 fully saturated rings. The Labute approximate surface area is 257 Å². The van der Waals surface area contributed by atoms with Gasteiger partial charge in [0.1, 0.15) is 24.1 Å². The molecule has 0 bridgehead atoms. The van der Waals surface area contributed by atoms with Gasteiger partial charge in [-0.3, -0.25) is 13.9 Å². The van der Waals surface area contributed by atoms with E-state index in [0.29, 0.717) is 21.4 Å². The third-order valence-corrected chi connectivity index (χ3v) is 9.01. The molecule has 2 amide bonds. The molecule has 0 radical (unpaired) electrons. The smallest absolute Gasteiger partial charge is 0.264 e. The van der Waals surface area contributed by atoms with Crippen molar-refractivity contribution in [3.05, 3.63) is 81.8 Å². The van der Waals surface area contributed by atoms with E-state index in [1.165, 1.54) is 37.3 Å². The molecule has 0 heterocycles. The van der Waals surface area contributed by atoms with Crippen LogP contribution in [0, 0.1) is 6.92 Å². The number of rotatable bonds is 12. The highest BCUT2D eigenvalue weighted by Gasteiger charge is 2.34. The van der Waals surface area contributed by atoms with Gasteiger partial charge in [0.2, 0.25) is 11.8 Å². The summed E-state index contributed by atoms with van der Waals surface area (Å²) in [5.41, 5.74) is 1.37. The lowest BCUT2D eigenvalue weighted by molar-refractivity contribution is -0.139. The predicted octanol–water partition coefficient (Wildman–Crippen LogP) is 5.46. The highest BCUT2D eigenvalue weighted by atomic mass is 35.5. The standard InChI is InChI=1S/C30H35Cl2N3O6S/c1-19(2)33-30(37)21(4)34(17-24-25(31)8-7-9-26(24)32)29(36)18-35(27-16-22(40-5)12-15-28(27)41-6)42(38,39)23-13-10-20(3)11-14-23/h7-16,19,21H,17-18H2,1-6H3,(H,33,37). The van der Waals surface area contributed by atoms with Crippen molar-refractivity contribution in [1.29, 1.82) is 0 Å². The van der Waals surface area contributed by atoms with Gasteiger partial charge in [0.25, 0.3) is 10.0 Å². The first-order valence-electron chi connectivity index (χ1n) is 13.1. The highest BCUT2D eigenvalue weighted by molar-refractivity contribution is 7.92. The monoisotopic (exact) mass is 635 g/mol. The van der Waals surface area contributed by atoms with Crippen molar-refractivity contribution in [2.45, 2.75) is 51.2 Å². The molecule has 3 rings (SSSR count). The molecule has 0 saturated carbocycles. The van der Waals surface area contributed by atoms with E-state index >= 15 is 0 Å². The van der Waals surface area contributed by atoms with Crippen LogP contribution < -0.4 is 19.1 Å². The van der Waals surface area contributed by atoms with Crippen LogP contribution >= 0.6 is 23.2 Å². The first-order chi connectivity index (χ1) is 19.8. The van der Waals surface area contributed by atoms with Crippen molar-refractivity contribution >= 4 is 50.7 Å². The van der Waals surface area contributed by atoms with Crippen LogP contribution in [0.25, 0.3) is 0 Å². The third-order valence-electron chi connectivity index (χ3n) is 6.53. The normalized spacial score (nSPS) is 12.0. The van der Waals surface area contributed by atoms with Gasteiger partial charge in [-0.1, -0.05) is 47.0 Å². The van der Waals surface area contributed by atoms with E-state index in [2.05, 4.69) is 5.32 Å². The molecule has 0 aliphatic heterocycles. The van der Waals surface area contributed by atoms with Gasteiger partial charge in [0, 0.05) is 34.3 Å². The van der Waals surface area contributed by atoms with E-state index in [1.54, 1.807) is 63.2 Å². The number of methoxy groups -OCH3 is 2. The molecule has 226 valence electrons. The average molecular weight is 637 g/mol. The fraction of sp³-hybridized carbons (Fsp3) is 0.333. The van der Waals surface area contributed by atoms with Crippen LogP contribution in [-0.2, 0) is 26.2 Å². The Morgan fingerprint density at radius 3 is 2.10 bits per heavy atom. The lowest BCUT2D eigenvalue weighted by Crippen LogP contribution is -2.52. The number of benzene rings is 3. The first kappa shape index (κ1) is 33.0. The van der Waals surface area contributed by atoms with Gasteiger partial charge in [-0.15, -0.1) is 0 Å². The van der Waals surface area contributed by atoms with Crippen LogP contribution in [-0.4, -0.2) is 58.0 Å². The second kappa shape index (κ2) is 14.1. The first-order valence-corrected chi connectivity index (χ1v) is 15.3. The number of hydrogen-bond acceptors (Lipinski definition) is 6. The number of sulfonamides is 1. The Morgan fingerprint density at radius 2 is 1.55 bits per heavy atom. The number of hydrogen-bond donors (Lipinski definition) is 1. The maximum Gasteiger partial charge on any atom is 0.264 e. The average Bonchev–Trinajstić information content (AvgIpc) is 2.94. The second-order valence-corrected chi connectivity index (χ2v) is 12.6. The molecule has 1 unspecified atom stereocenters. The van der Waals surface area contributed by atoms with Gasteiger partial charge >= 0.3 is 0 Å². The number of amides is 2. The molecular weight excluding hydrogens is 601 g/mol. The van der Waals surface area contributed by atoms with Crippen molar-refractivity contribution in [2.75, 3.05) is 25.1 Å². The maximum atomic E-state index is 14.2. The Hall–Kier alpha value is -3.47. The van der Waals surface area contributed by atoms with Crippen LogP contribution in [0.3, 0.4) is 0 Å². The van der Waals surface area contributed by atoms with Crippen molar-refractivity contribution in [2.24, 2.45) is 0 Å². The third kappa shape index (κ3) is 7.67. The van der Waals surface area contributed by atoms with Crippen molar-refractivity contribution in [3.8, 4) is 11.5 Å². The van der Waals surface area contributed by atoms with Crippen LogP contribution in [0.1, 0.15) is 31.9 Å². The number of anilines is 1. The molecule has 12 heteroatoms. The highest BCUT2D eigenvalue weighted by Crippen LogP contribution is 2.36. The Balaban J connectivity index is 2.16. The summed E-state index contributed by atoms with van der Waals surface area (Å²) in [5.74, 6) is -0.538. The van der Waals surface area contributed by atoms with E-state index in [0.717, 1.165) is 9.87 Å². The van der Waals surface area contributed by atoms with E-state index in [-0.39, 0.29) is 28.9 Å². The second-order valence-electron chi connectivity index (χ2n) is 9.92. The SMILES string of the molecule is COc1ccc(OC)c(N(CC(=O)N(Cc2c(Cl)cccc2Cl)C(C)C(=O)NC(C)C)S(=O)(=O)c2ccc(C)cc2)c1. The largest absolute Gasteiger partial charge is 0.497 e. The molecular formula is C30H35Cl2N3O6S. The lowest BCUT2D eigenvalue weighted by Gasteiger charge is -2.33. The van der Waals surface area contributed by atoms with E-state index in [1.807, 2.05) is 6.92 Å². The zero-order chi connectivity index (χ0) is 31.2. The molecule has 1 N–H and O–H groups in total. The summed E-state index contributed by atoms with van der Waals surface area (Å²) in [6, 6.07) is 14.6. The summed E-state index contributed by atoms with van der Waals surface area (Å²) in [4.78, 5) is 28.5. The van der Waals surface area contributed by atoms with Crippen molar-refractivity contribution in [3.63, 3.8) is 0 Å². The summed E-state index contributed by atoms with van der Waals surface area (Å²) < 4.78 is 40.0. The zero-order valence-electron chi connectivity index (χ0n) is 24.4. The topological polar surface area (TPSA) is 105 Å². The zero-order valence-corrected chi connectivity index (χ0v) is 26.7. The van der Waals surface area contributed by atoms with Gasteiger partial charge in [0.05, 0.1) is 24.8 Å². The number of halogens is 2. The minimum Gasteiger partial charge on any atom is -0.497 e. The van der Waals surface area contributed by atoms with Gasteiger partial charge < -0.3 is 19.7 Å². The van der Waals surface area contributed by atoms with Gasteiger partial charge in [-0.05, 0) is 64.1 Å². The van der Waals surface area contributed by atoms with Gasteiger partial charge in [-0.25, -0.2) is 8.42 Å². The molecule has 1 atom stereocenters. The Morgan fingerprint density at radius 1 is 0.929 bits per heavy atom. The van der Waals surface area contributed by atoms with Crippen LogP contribution in [0.2, 0.25) is 10.0 Å². The Kier molecular flexibility index (Phi) is 11.1. The minimum atomic E-state index is -4.31. The summed E-state index contributed by atoms with van der Waals surface area (Å²) in [5, 5.41) is 3.41.